The van der Waals surface area contributed by atoms with Gasteiger partial charge in [0.05, 0.1) is 0 Å². The molecule has 1 unspecified atom stereocenters. The monoisotopic (exact) mass is 395 g/mol. The Labute approximate surface area is 170 Å². The molecule has 0 aliphatic carbocycles. The van der Waals surface area contributed by atoms with E-state index in [0.29, 0.717) is 24.2 Å². The molecule has 0 saturated carbocycles. The SMILES string of the molecule is CCN(CC)C(=O)C(Sc1nnc(-c2cc(C)cc(C)c2)o1)c1ccccc1. The Morgan fingerprint density at radius 1 is 1.04 bits per heavy atom. The fourth-order valence-electron chi connectivity index (χ4n) is 3.16. The summed E-state index contributed by atoms with van der Waals surface area (Å²) < 4.78 is 5.90. The molecule has 6 heteroatoms. The Morgan fingerprint density at radius 2 is 1.68 bits per heavy atom. The first-order valence-electron chi connectivity index (χ1n) is 9.44. The number of nitrogens with zero attached hydrogens (tertiary/aromatic N) is 3. The van der Waals surface area contributed by atoms with Gasteiger partial charge < -0.3 is 9.32 Å². The number of aromatic nitrogens is 2. The van der Waals surface area contributed by atoms with Gasteiger partial charge in [0.2, 0.25) is 11.8 Å². The zero-order valence-corrected chi connectivity index (χ0v) is 17.5. The molecule has 0 saturated heterocycles. The molecule has 1 heterocycles. The standard InChI is InChI=1S/C22H25N3O2S/c1-5-25(6-2)21(26)19(17-10-8-7-9-11-17)28-22-24-23-20(27-22)18-13-15(3)12-16(4)14-18/h7-14,19H,5-6H2,1-4H3. The highest BCUT2D eigenvalue weighted by Crippen LogP contribution is 2.37. The Morgan fingerprint density at radius 3 is 2.29 bits per heavy atom. The molecule has 1 atom stereocenters. The van der Waals surface area contributed by atoms with Crippen molar-refractivity contribution in [3.63, 3.8) is 0 Å². The molecule has 146 valence electrons. The van der Waals surface area contributed by atoms with Crippen molar-refractivity contribution in [2.45, 2.75) is 38.2 Å². The van der Waals surface area contributed by atoms with Crippen LogP contribution in [0.25, 0.3) is 11.5 Å². The van der Waals surface area contributed by atoms with Crippen LogP contribution in [0.4, 0.5) is 0 Å². The van der Waals surface area contributed by atoms with Gasteiger partial charge in [0.15, 0.2) is 0 Å². The van der Waals surface area contributed by atoms with Crippen molar-refractivity contribution < 1.29 is 9.21 Å². The van der Waals surface area contributed by atoms with Gasteiger partial charge in [0.25, 0.3) is 5.22 Å². The number of thioether (sulfide) groups is 1. The van der Waals surface area contributed by atoms with Crippen LogP contribution in [0.15, 0.2) is 58.2 Å². The minimum atomic E-state index is -0.423. The first kappa shape index (κ1) is 20.1. The van der Waals surface area contributed by atoms with E-state index >= 15 is 0 Å². The summed E-state index contributed by atoms with van der Waals surface area (Å²) in [6, 6.07) is 15.9. The van der Waals surface area contributed by atoms with Crippen molar-refractivity contribution in [3.05, 3.63) is 65.2 Å². The van der Waals surface area contributed by atoms with Crippen LogP contribution in [-0.2, 0) is 4.79 Å². The summed E-state index contributed by atoms with van der Waals surface area (Å²) in [5.41, 5.74) is 4.10. The van der Waals surface area contributed by atoms with E-state index in [2.05, 4.69) is 16.3 Å². The lowest BCUT2D eigenvalue weighted by molar-refractivity contribution is -0.130. The zero-order valence-electron chi connectivity index (χ0n) is 16.7. The minimum Gasteiger partial charge on any atom is -0.411 e. The molecule has 0 aliphatic rings. The van der Waals surface area contributed by atoms with E-state index in [1.165, 1.54) is 11.8 Å². The second kappa shape index (κ2) is 9.06. The number of hydrogen-bond acceptors (Lipinski definition) is 5. The number of rotatable bonds is 7. The molecule has 0 spiro atoms. The average molecular weight is 396 g/mol. The number of hydrogen-bond donors (Lipinski definition) is 0. The van der Waals surface area contributed by atoms with E-state index in [4.69, 9.17) is 4.42 Å². The summed E-state index contributed by atoms with van der Waals surface area (Å²) in [4.78, 5) is 14.9. The van der Waals surface area contributed by atoms with Crippen LogP contribution in [0.1, 0.15) is 35.8 Å². The molecule has 1 amide bonds. The zero-order chi connectivity index (χ0) is 20.1. The molecule has 3 rings (SSSR count). The lowest BCUT2D eigenvalue weighted by Crippen LogP contribution is -2.33. The molecule has 0 bridgehead atoms. The van der Waals surface area contributed by atoms with Crippen molar-refractivity contribution in [1.82, 2.24) is 15.1 Å². The summed E-state index contributed by atoms with van der Waals surface area (Å²) >= 11 is 1.30. The maximum Gasteiger partial charge on any atom is 0.277 e. The molecular formula is C22H25N3O2S. The molecule has 3 aromatic rings. The van der Waals surface area contributed by atoms with Crippen LogP contribution in [-0.4, -0.2) is 34.1 Å². The third-order valence-corrected chi connectivity index (χ3v) is 5.57. The molecule has 0 aliphatic heterocycles. The smallest absolute Gasteiger partial charge is 0.277 e. The highest BCUT2D eigenvalue weighted by molar-refractivity contribution is 8.00. The molecule has 2 aromatic carbocycles. The van der Waals surface area contributed by atoms with Crippen molar-refractivity contribution >= 4 is 17.7 Å². The van der Waals surface area contributed by atoms with Crippen LogP contribution in [0.5, 0.6) is 0 Å². The highest BCUT2D eigenvalue weighted by Gasteiger charge is 2.28. The van der Waals surface area contributed by atoms with E-state index < -0.39 is 5.25 Å². The highest BCUT2D eigenvalue weighted by atomic mass is 32.2. The summed E-state index contributed by atoms with van der Waals surface area (Å²) in [6.45, 7) is 9.37. The summed E-state index contributed by atoms with van der Waals surface area (Å²) in [6.07, 6.45) is 0. The Balaban J connectivity index is 1.89. The lowest BCUT2D eigenvalue weighted by atomic mass is 10.1. The predicted octanol–water partition coefficient (Wildman–Crippen LogP) is 5.06. The summed E-state index contributed by atoms with van der Waals surface area (Å²) in [5, 5.41) is 8.35. The number of carbonyl (C=O) groups excluding carboxylic acids is 1. The number of aryl methyl sites for hydroxylation is 2. The van der Waals surface area contributed by atoms with Crippen molar-refractivity contribution in [3.8, 4) is 11.5 Å². The number of likely N-dealkylation sites (N-methyl/N-ethyl adjacent to an activating group) is 1. The molecular weight excluding hydrogens is 370 g/mol. The van der Waals surface area contributed by atoms with Gasteiger partial charge in [-0.25, -0.2) is 0 Å². The van der Waals surface area contributed by atoms with Crippen LogP contribution >= 0.6 is 11.8 Å². The van der Waals surface area contributed by atoms with Gasteiger partial charge in [-0.05, 0) is 57.2 Å². The first-order chi connectivity index (χ1) is 13.5. The van der Waals surface area contributed by atoms with Crippen molar-refractivity contribution in [1.29, 1.82) is 0 Å². The molecule has 0 radical (unpaired) electrons. The summed E-state index contributed by atoms with van der Waals surface area (Å²) in [5.74, 6) is 0.517. The number of carbonyl (C=O) groups is 1. The van der Waals surface area contributed by atoms with Gasteiger partial charge >= 0.3 is 0 Å². The van der Waals surface area contributed by atoms with Gasteiger partial charge in [-0.15, -0.1) is 10.2 Å². The molecule has 28 heavy (non-hydrogen) atoms. The van der Waals surface area contributed by atoms with Crippen molar-refractivity contribution in [2.75, 3.05) is 13.1 Å². The average Bonchev–Trinajstić information content (AvgIpc) is 3.16. The van der Waals surface area contributed by atoms with Crippen LogP contribution in [0.3, 0.4) is 0 Å². The molecule has 0 fully saturated rings. The Bertz CT molecular complexity index is 916. The molecule has 5 nitrogen and oxygen atoms in total. The van der Waals surface area contributed by atoms with Crippen LogP contribution in [0.2, 0.25) is 0 Å². The van der Waals surface area contributed by atoms with Crippen molar-refractivity contribution in [2.24, 2.45) is 0 Å². The minimum absolute atomic E-state index is 0.0485. The molecule has 0 N–H and O–H groups in total. The van der Waals surface area contributed by atoms with Crippen LogP contribution in [0, 0.1) is 13.8 Å². The summed E-state index contributed by atoms with van der Waals surface area (Å²) in [7, 11) is 0. The third kappa shape index (κ3) is 4.62. The third-order valence-electron chi connectivity index (χ3n) is 4.50. The van der Waals surface area contributed by atoms with E-state index in [0.717, 1.165) is 22.3 Å². The van der Waals surface area contributed by atoms with E-state index in [1.807, 2.05) is 75.1 Å². The fourth-order valence-corrected chi connectivity index (χ4v) is 4.12. The lowest BCUT2D eigenvalue weighted by Gasteiger charge is -2.24. The van der Waals surface area contributed by atoms with Gasteiger partial charge in [-0.3, -0.25) is 4.79 Å². The van der Waals surface area contributed by atoms with Crippen LogP contribution < -0.4 is 0 Å². The van der Waals surface area contributed by atoms with Gasteiger partial charge in [0, 0.05) is 18.7 Å². The topological polar surface area (TPSA) is 59.2 Å². The second-order valence-corrected chi connectivity index (χ2v) is 7.72. The van der Waals surface area contributed by atoms with E-state index in [-0.39, 0.29) is 5.91 Å². The van der Waals surface area contributed by atoms with Gasteiger partial charge in [0.1, 0.15) is 5.25 Å². The van der Waals surface area contributed by atoms with Gasteiger partial charge in [-0.1, -0.05) is 47.5 Å². The number of amides is 1. The number of benzene rings is 2. The maximum atomic E-state index is 13.1. The maximum absolute atomic E-state index is 13.1. The molecule has 1 aromatic heterocycles. The Kier molecular flexibility index (Phi) is 6.52. The normalized spacial score (nSPS) is 12.0. The second-order valence-electron chi connectivity index (χ2n) is 6.67. The van der Waals surface area contributed by atoms with Gasteiger partial charge in [-0.2, -0.15) is 0 Å². The fraction of sp³-hybridized carbons (Fsp3) is 0.318. The van der Waals surface area contributed by atoms with E-state index in [9.17, 15) is 4.79 Å². The Hall–Kier alpha value is -2.60. The largest absolute Gasteiger partial charge is 0.411 e. The predicted molar refractivity (Wildman–Crippen MR) is 112 cm³/mol. The first-order valence-corrected chi connectivity index (χ1v) is 10.3. The quantitative estimate of drug-likeness (QED) is 0.524. The van der Waals surface area contributed by atoms with E-state index in [1.54, 1.807) is 0 Å².